The number of aromatic hydroxyl groups is 1. The molecule has 0 heterocycles. The highest BCUT2D eigenvalue weighted by molar-refractivity contribution is 7.89. The van der Waals surface area contributed by atoms with Crippen LogP contribution in [-0.2, 0) is 44.6 Å². The van der Waals surface area contributed by atoms with Gasteiger partial charge in [-0.15, -0.1) is 5.11 Å². The second-order valence-electron chi connectivity index (χ2n) is 18.4. The number of hydrogen-bond acceptors (Lipinski definition) is 13. The van der Waals surface area contributed by atoms with E-state index in [1.54, 1.807) is 30.3 Å². The van der Waals surface area contributed by atoms with Crippen LogP contribution in [0.2, 0.25) is 0 Å². The lowest BCUT2D eigenvalue weighted by atomic mass is 9.86. The van der Waals surface area contributed by atoms with Crippen molar-refractivity contribution in [1.29, 1.82) is 0 Å². The van der Waals surface area contributed by atoms with Gasteiger partial charge in [0.15, 0.2) is 11.5 Å². The molecule has 21 heteroatoms. The monoisotopic (exact) mass is 1040 g/mol. The Morgan fingerprint density at radius 3 is 1.75 bits per heavy atom. The summed E-state index contributed by atoms with van der Waals surface area (Å²) in [5.74, 6) is -3.99. The van der Waals surface area contributed by atoms with Gasteiger partial charge in [0.05, 0.1) is 22.0 Å². The van der Waals surface area contributed by atoms with E-state index in [2.05, 4.69) is 27.8 Å². The molecule has 5 N–H and O–H groups in total. The molecule has 1 atom stereocenters. The Morgan fingerprint density at radius 1 is 0.704 bits per heavy atom. The third-order valence-corrected chi connectivity index (χ3v) is 15.8. The quantitative estimate of drug-likeness (QED) is 0.0136. The maximum Gasteiger partial charge on any atom is 0.296 e. The minimum Gasteiger partial charge on any atom is -0.505 e. The Bertz CT molecular complexity index is 2810. The Morgan fingerprint density at radius 2 is 1.24 bits per heavy atom. The van der Waals surface area contributed by atoms with Gasteiger partial charge >= 0.3 is 0 Å². The molecule has 0 aliphatic rings. The summed E-state index contributed by atoms with van der Waals surface area (Å²) in [6, 6.07) is 15.9. The summed E-state index contributed by atoms with van der Waals surface area (Å²) >= 11 is 0. The van der Waals surface area contributed by atoms with Crippen LogP contribution < -0.4 is 15.4 Å². The predicted octanol–water partition coefficient (Wildman–Crippen LogP) is 10.9. The van der Waals surface area contributed by atoms with Crippen LogP contribution in [-0.4, -0.2) is 86.8 Å². The van der Waals surface area contributed by atoms with Crippen molar-refractivity contribution in [2.24, 2.45) is 15.6 Å². The van der Waals surface area contributed by atoms with Gasteiger partial charge in [0.1, 0.15) is 16.3 Å². The SMILES string of the molecule is CCCCCCCCCCCCCCCCCCN(C)S(=O)(=O)CC(C)(C)C(=O)C(Oc1ccc(N=Nc2c(S(=O)(=O)O)cc3cc(S(=O)(=O)O)cc(NC(C)=O)c3c2O)cc1)C(=O)Nc1ccccc1. The molecule has 0 spiro atoms. The standard InChI is InChI=1S/C50H69N5O13S3/c1-6-7-8-9-10-11-12-13-14-15-16-17-18-19-20-24-31-55(5)69(60,61)35-50(3,4)48(58)47(49(59)52-38-25-22-21-23-26-38)68-40-29-27-39(28-30-40)53-54-45-43(71(65,66)67)33-37-32-41(70(62,63)64)34-42(51-36(2)56)44(37)46(45)57/h21-23,25-30,32-34,47,57H,6-20,24,31,35H2,1-5H3,(H,51,56)(H,52,59)(H,62,63,64)(H,65,66,67). The summed E-state index contributed by atoms with van der Waals surface area (Å²) in [6.07, 6.45) is 17.3. The average molecular weight is 1040 g/mol. The number of benzene rings is 4. The van der Waals surface area contributed by atoms with Crippen LogP contribution >= 0.6 is 0 Å². The second kappa shape index (κ2) is 26.9. The van der Waals surface area contributed by atoms with Gasteiger partial charge in [-0.1, -0.05) is 135 Å². The average Bonchev–Trinajstić information content (AvgIpc) is 3.29. The van der Waals surface area contributed by atoms with Crippen molar-refractivity contribution in [1.82, 2.24) is 4.31 Å². The number of azo groups is 1. The number of ether oxygens (including phenoxy) is 1. The number of carbonyl (C=O) groups is 3. The topological polar surface area (TPSA) is 276 Å². The summed E-state index contributed by atoms with van der Waals surface area (Å²) in [6.45, 7) is 6.45. The fourth-order valence-corrected chi connectivity index (χ4v) is 10.9. The number of hydrogen-bond donors (Lipinski definition) is 5. The predicted molar refractivity (Wildman–Crippen MR) is 274 cm³/mol. The molecule has 390 valence electrons. The van der Waals surface area contributed by atoms with E-state index in [1.165, 1.54) is 120 Å². The first kappa shape index (κ1) is 58.3. The first-order valence-corrected chi connectivity index (χ1v) is 28.5. The summed E-state index contributed by atoms with van der Waals surface area (Å²) in [4.78, 5) is 38.3. The number of sulfonamides is 1. The van der Waals surface area contributed by atoms with Gasteiger partial charge in [0.2, 0.25) is 22.0 Å². The van der Waals surface area contributed by atoms with Crippen LogP contribution in [0.1, 0.15) is 130 Å². The fraction of sp³-hybridized carbons (Fsp3) is 0.500. The molecule has 0 aromatic heterocycles. The number of amides is 2. The zero-order chi connectivity index (χ0) is 52.4. The number of phenolic OH excluding ortho intramolecular Hbond substituents is 1. The Kier molecular flexibility index (Phi) is 22.1. The van der Waals surface area contributed by atoms with Gasteiger partial charge in [0, 0.05) is 37.0 Å². The van der Waals surface area contributed by atoms with Crippen molar-refractivity contribution in [3.63, 3.8) is 0 Å². The van der Waals surface area contributed by atoms with E-state index in [0.29, 0.717) is 12.1 Å². The Labute approximate surface area is 418 Å². The van der Waals surface area contributed by atoms with Crippen molar-refractivity contribution >= 4 is 81.4 Å². The fourth-order valence-electron chi connectivity index (χ4n) is 7.99. The number of phenols is 1. The van der Waals surface area contributed by atoms with Crippen LogP contribution in [0.3, 0.4) is 0 Å². The lowest BCUT2D eigenvalue weighted by Crippen LogP contribution is -2.49. The number of rotatable bonds is 31. The lowest BCUT2D eigenvalue weighted by molar-refractivity contribution is -0.140. The minimum atomic E-state index is -5.18. The molecule has 18 nitrogen and oxygen atoms in total. The molecule has 0 bridgehead atoms. The molecular formula is C50H69N5O13S3. The van der Waals surface area contributed by atoms with E-state index in [-0.39, 0.29) is 34.4 Å². The van der Waals surface area contributed by atoms with Gasteiger partial charge in [-0.25, -0.2) is 12.7 Å². The van der Waals surface area contributed by atoms with E-state index in [0.717, 1.165) is 50.8 Å². The summed E-state index contributed by atoms with van der Waals surface area (Å²) < 4.78 is 103. The molecule has 0 aliphatic heterocycles. The van der Waals surface area contributed by atoms with Crippen molar-refractivity contribution < 1.29 is 58.6 Å². The van der Waals surface area contributed by atoms with E-state index < -0.39 is 86.4 Å². The van der Waals surface area contributed by atoms with Crippen molar-refractivity contribution in [2.75, 3.05) is 30.0 Å². The number of nitrogens with zero attached hydrogens (tertiary/aromatic N) is 3. The van der Waals surface area contributed by atoms with Crippen molar-refractivity contribution in [2.45, 2.75) is 146 Å². The number of unbranched alkanes of at least 4 members (excludes halogenated alkanes) is 15. The van der Waals surface area contributed by atoms with E-state index in [1.807, 2.05) is 0 Å². The number of anilines is 2. The number of nitrogens with one attached hydrogen (secondary N) is 2. The largest absolute Gasteiger partial charge is 0.505 e. The highest BCUT2D eigenvalue weighted by Crippen LogP contribution is 2.45. The Balaban J connectivity index is 1.44. The van der Waals surface area contributed by atoms with Gasteiger partial charge in [-0.3, -0.25) is 23.5 Å². The van der Waals surface area contributed by atoms with Crippen LogP contribution in [0.15, 0.2) is 92.8 Å². The highest BCUT2D eigenvalue weighted by atomic mass is 32.2. The number of carbonyl (C=O) groups excluding carboxylic acids is 3. The van der Waals surface area contributed by atoms with Gasteiger partial charge in [-0.2, -0.15) is 21.9 Å². The van der Waals surface area contributed by atoms with E-state index in [9.17, 15) is 53.8 Å². The second-order valence-corrected chi connectivity index (χ2v) is 23.3. The van der Waals surface area contributed by atoms with Crippen LogP contribution in [0.4, 0.5) is 22.7 Å². The number of ketones is 1. The molecule has 0 aliphatic carbocycles. The molecule has 0 radical (unpaired) electrons. The van der Waals surface area contributed by atoms with Crippen LogP contribution in [0.5, 0.6) is 11.5 Å². The number of para-hydroxylation sites is 1. The molecule has 4 aromatic rings. The first-order chi connectivity index (χ1) is 33.4. The van der Waals surface area contributed by atoms with E-state index >= 15 is 0 Å². The summed E-state index contributed by atoms with van der Waals surface area (Å²) in [7, 11) is -12.6. The van der Waals surface area contributed by atoms with Crippen LogP contribution in [0, 0.1) is 5.41 Å². The minimum absolute atomic E-state index is 0.00244. The molecule has 1 unspecified atom stereocenters. The normalized spacial score (nSPS) is 12.9. The lowest BCUT2D eigenvalue weighted by Gasteiger charge is -2.29. The molecule has 71 heavy (non-hydrogen) atoms. The van der Waals surface area contributed by atoms with Crippen molar-refractivity contribution in [3.8, 4) is 11.5 Å². The summed E-state index contributed by atoms with van der Waals surface area (Å²) in [5, 5.41) is 23.4. The number of fused-ring (bicyclic) bond motifs is 1. The van der Waals surface area contributed by atoms with Crippen molar-refractivity contribution in [3.05, 3.63) is 72.8 Å². The smallest absolute Gasteiger partial charge is 0.296 e. The molecule has 2 amide bonds. The maximum absolute atomic E-state index is 14.3. The Hall–Kier alpha value is -5.32. The van der Waals surface area contributed by atoms with Gasteiger partial charge < -0.3 is 20.5 Å². The molecule has 4 rings (SSSR count). The summed E-state index contributed by atoms with van der Waals surface area (Å²) in [5.41, 5.74) is -2.42. The van der Waals surface area contributed by atoms with Gasteiger partial charge in [0.25, 0.3) is 26.1 Å². The van der Waals surface area contributed by atoms with E-state index in [4.69, 9.17) is 4.74 Å². The third-order valence-electron chi connectivity index (χ3n) is 11.9. The maximum atomic E-state index is 14.3. The molecule has 4 aromatic carbocycles. The zero-order valence-electron chi connectivity index (χ0n) is 41.2. The molecule has 0 saturated heterocycles. The zero-order valence-corrected chi connectivity index (χ0v) is 43.7. The molecular weight excluding hydrogens is 975 g/mol. The molecule has 0 fully saturated rings. The van der Waals surface area contributed by atoms with Gasteiger partial charge in [-0.05, 0) is 66.4 Å². The first-order valence-electron chi connectivity index (χ1n) is 24.0. The van der Waals surface area contributed by atoms with Crippen LogP contribution in [0.25, 0.3) is 10.8 Å². The number of Topliss-reactive ketones (excluding diaryl/α,β-unsaturated/α-hetero) is 1. The third kappa shape index (κ3) is 18.3. The molecule has 0 saturated carbocycles. The highest BCUT2D eigenvalue weighted by Gasteiger charge is 2.43.